The van der Waals surface area contributed by atoms with Gasteiger partial charge in [-0.25, -0.2) is 0 Å². The van der Waals surface area contributed by atoms with E-state index in [1.807, 2.05) is 18.7 Å². The van der Waals surface area contributed by atoms with E-state index in [1.54, 1.807) is 0 Å². The number of hydrogen-bond donors (Lipinski definition) is 1. The summed E-state index contributed by atoms with van der Waals surface area (Å²) in [6, 6.07) is 0. The normalized spacial score (nSPS) is 23.8. The molecule has 0 aromatic heterocycles. The van der Waals surface area contributed by atoms with E-state index in [0.717, 1.165) is 13.1 Å². The van der Waals surface area contributed by atoms with Gasteiger partial charge in [-0.2, -0.15) is 0 Å². The van der Waals surface area contributed by atoms with Crippen molar-refractivity contribution >= 4 is 5.91 Å². The molecule has 0 spiro atoms. The number of amides is 1. The van der Waals surface area contributed by atoms with Crippen LogP contribution in [-0.4, -0.2) is 42.6 Å². The number of morpholine rings is 1. The first-order valence-corrected chi connectivity index (χ1v) is 4.14. The molecule has 0 unspecified atom stereocenters. The standard InChI is InChI=1S/C8H16N2O2/c1-8(2)6-10(3-4-12-8)5-7(9)11/h3-6H2,1-2H3,(H2,9,11). The van der Waals surface area contributed by atoms with Gasteiger partial charge in [0.2, 0.25) is 5.91 Å². The lowest BCUT2D eigenvalue weighted by Crippen LogP contribution is -2.50. The molecule has 0 aliphatic carbocycles. The van der Waals surface area contributed by atoms with Crippen LogP contribution < -0.4 is 5.73 Å². The van der Waals surface area contributed by atoms with Gasteiger partial charge in [-0.15, -0.1) is 0 Å². The molecule has 1 rings (SSSR count). The highest BCUT2D eigenvalue weighted by atomic mass is 16.5. The van der Waals surface area contributed by atoms with Crippen LogP contribution in [0.5, 0.6) is 0 Å². The number of rotatable bonds is 2. The highest BCUT2D eigenvalue weighted by Gasteiger charge is 2.27. The third kappa shape index (κ3) is 2.79. The summed E-state index contributed by atoms with van der Waals surface area (Å²) in [6.07, 6.45) is 0. The minimum Gasteiger partial charge on any atom is -0.373 e. The second-order valence-corrected chi connectivity index (χ2v) is 3.79. The van der Waals surface area contributed by atoms with Crippen molar-refractivity contribution in [2.75, 3.05) is 26.2 Å². The lowest BCUT2D eigenvalue weighted by Gasteiger charge is -2.37. The molecular formula is C8H16N2O2. The van der Waals surface area contributed by atoms with E-state index >= 15 is 0 Å². The fourth-order valence-corrected chi connectivity index (χ4v) is 1.47. The zero-order chi connectivity index (χ0) is 9.19. The maximum atomic E-state index is 10.6. The van der Waals surface area contributed by atoms with Crippen LogP contribution >= 0.6 is 0 Å². The van der Waals surface area contributed by atoms with Gasteiger partial charge in [-0.05, 0) is 13.8 Å². The molecule has 1 heterocycles. The number of ether oxygens (including phenoxy) is 1. The second-order valence-electron chi connectivity index (χ2n) is 3.79. The number of nitrogens with zero attached hydrogens (tertiary/aromatic N) is 1. The Hall–Kier alpha value is -0.610. The molecule has 70 valence electrons. The average molecular weight is 172 g/mol. The van der Waals surface area contributed by atoms with Gasteiger partial charge in [0.25, 0.3) is 0 Å². The number of primary amides is 1. The number of hydrogen-bond acceptors (Lipinski definition) is 3. The molecule has 1 saturated heterocycles. The van der Waals surface area contributed by atoms with Crippen LogP contribution in [0.15, 0.2) is 0 Å². The van der Waals surface area contributed by atoms with Gasteiger partial charge in [-0.1, -0.05) is 0 Å². The van der Waals surface area contributed by atoms with Gasteiger partial charge in [0.15, 0.2) is 0 Å². The highest BCUT2D eigenvalue weighted by Crippen LogP contribution is 2.15. The summed E-state index contributed by atoms with van der Waals surface area (Å²) in [4.78, 5) is 12.6. The molecule has 2 N–H and O–H groups in total. The van der Waals surface area contributed by atoms with Gasteiger partial charge in [-0.3, -0.25) is 9.69 Å². The topological polar surface area (TPSA) is 55.6 Å². The molecule has 0 bridgehead atoms. The summed E-state index contributed by atoms with van der Waals surface area (Å²) >= 11 is 0. The Kier molecular flexibility index (Phi) is 2.69. The Morgan fingerprint density at radius 2 is 2.33 bits per heavy atom. The van der Waals surface area contributed by atoms with Crippen molar-refractivity contribution in [2.45, 2.75) is 19.4 Å². The maximum absolute atomic E-state index is 10.6. The first kappa shape index (κ1) is 9.48. The number of carbonyl (C=O) groups excluding carboxylic acids is 1. The third-order valence-corrected chi connectivity index (χ3v) is 1.88. The zero-order valence-electron chi connectivity index (χ0n) is 7.67. The van der Waals surface area contributed by atoms with Gasteiger partial charge in [0.05, 0.1) is 18.8 Å². The predicted molar refractivity (Wildman–Crippen MR) is 45.7 cm³/mol. The van der Waals surface area contributed by atoms with Gasteiger partial charge in [0.1, 0.15) is 0 Å². The predicted octanol–water partition coefficient (Wildman–Crippen LogP) is -0.417. The Labute approximate surface area is 72.7 Å². The van der Waals surface area contributed by atoms with E-state index in [2.05, 4.69) is 0 Å². The van der Waals surface area contributed by atoms with Crippen LogP contribution in [0.25, 0.3) is 0 Å². The summed E-state index contributed by atoms with van der Waals surface area (Å²) in [5.74, 6) is -0.271. The van der Waals surface area contributed by atoms with Crippen molar-refractivity contribution in [1.82, 2.24) is 4.90 Å². The van der Waals surface area contributed by atoms with E-state index in [4.69, 9.17) is 10.5 Å². The smallest absolute Gasteiger partial charge is 0.231 e. The second kappa shape index (κ2) is 3.41. The number of nitrogens with two attached hydrogens (primary N) is 1. The molecule has 0 atom stereocenters. The van der Waals surface area contributed by atoms with Crippen molar-refractivity contribution in [3.8, 4) is 0 Å². The molecule has 0 saturated carbocycles. The first-order valence-electron chi connectivity index (χ1n) is 4.14. The summed E-state index contributed by atoms with van der Waals surface area (Å²) in [5.41, 5.74) is 4.95. The minimum atomic E-state index is -0.271. The highest BCUT2D eigenvalue weighted by molar-refractivity contribution is 5.75. The van der Waals surface area contributed by atoms with Crippen LogP contribution in [0.3, 0.4) is 0 Å². The lowest BCUT2D eigenvalue weighted by molar-refractivity contribution is -0.124. The van der Waals surface area contributed by atoms with E-state index in [-0.39, 0.29) is 11.5 Å². The van der Waals surface area contributed by atoms with Crippen molar-refractivity contribution < 1.29 is 9.53 Å². The average Bonchev–Trinajstić information content (AvgIpc) is 1.82. The fourth-order valence-electron chi connectivity index (χ4n) is 1.47. The molecule has 0 radical (unpaired) electrons. The van der Waals surface area contributed by atoms with Crippen LogP contribution in [0.2, 0.25) is 0 Å². The molecule has 4 nitrogen and oxygen atoms in total. The van der Waals surface area contributed by atoms with Crippen molar-refractivity contribution in [3.63, 3.8) is 0 Å². The number of carbonyl (C=O) groups is 1. The SMILES string of the molecule is CC1(C)CN(CC(N)=O)CCO1. The van der Waals surface area contributed by atoms with Crippen molar-refractivity contribution in [1.29, 1.82) is 0 Å². The van der Waals surface area contributed by atoms with Gasteiger partial charge < -0.3 is 10.5 Å². The van der Waals surface area contributed by atoms with Crippen molar-refractivity contribution in [2.24, 2.45) is 5.73 Å². The molecule has 12 heavy (non-hydrogen) atoms. The summed E-state index contributed by atoms with van der Waals surface area (Å²) in [5, 5.41) is 0. The quantitative estimate of drug-likeness (QED) is 0.615. The summed E-state index contributed by atoms with van der Waals surface area (Å²) < 4.78 is 5.48. The zero-order valence-corrected chi connectivity index (χ0v) is 7.67. The Balaban J connectivity index is 2.41. The third-order valence-electron chi connectivity index (χ3n) is 1.88. The van der Waals surface area contributed by atoms with E-state index in [1.165, 1.54) is 0 Å². The fraction of sp³-hybridized carbons (Fsp3) is 0.875. The van der Waals surface area contributed by atoms with Crippen LogP contribution in [0.1, 0.15) is 13.8 Å². The molecule has 0 aromatic rings. The lowest BCUT2D eigenvalue weighted by atomic mass is 10.1. The summed E-state index contributed by atoms with van der Waals surface area (Å²) in [7, 11) is 0. The Bertz CT molecular complexity index is 180. The van der Waals surface area contributed by atoms with Crippen LogP contribution in [0.4, 0.5) is 0 Å². The largest absolute Gasteiger partial charge is 0.373 e. The van der Waals surface area contributed by atoms with Crippen LogP contribution in [0, 0.1) is 0 Å². The maximum Gasteiger partial charge on any atom is 0.231 e. The monoisotopic (exact) mass is 172 g/mol. The van der Waals surface area contributed by atoms with Gasteiger partial charge in [0, 0.05) is 13.1 Å². The summed E-state index contributed by atoms with van der Waals surface area (Å²) in [6.45, 7) is 6.62. The molecule has 1 fully saturated rings. The molecule has 1 amide bonds. The molecule has 1 aliphatic heterocycles. The molecule has 1 aliphatic rings. The Morgan fingerprint density at radius 1 is 1.67 bits per heavy atom. The van der Waals surface area contributed by atoms with E-state index in [9.17, 15) is 4.79 Å². The molecule has 0 aromatic carbocycles. The van der Waals surface area contributed by atoms with Gasteiger partial charge >= 0.3 is 0 Å². The molecule has 4 heteroatoms. The van der Waals surface area contributed by atoms with Crippen LogP contribution in [-0.2, 0) is 9.53 Å². The minimum absolute atomic E-state index is 0.145. The van der Waals surface area contributed by atoms with E-state index in [0.29, 0.717) is 13.2 Å². The van der Waals surface area contributed by atoms with E-state index < -0.39 is 0 Å². The molecular weight excluding hydrogens is 156 g/mol. The first-order chi connectivity index (χ1) is 5.49. The Morgan fingerprint density at radius 3 is 2.83 bits per heavy atom. The van der Waals surface area contributed by atoms with Crippen molar-refractivity contribution in [3.05, 3.63) is 0 Å².